The number of ether oxygens (including phenoxy) is 1. The van der Waals surface area contributed by atoms with Crippen molar-refractivity contribution < 1.29 is 14.3 Å². The van der Waals surface area contributed by atoms with Gasteiger partial charge in [0.15, 0.2) is 0 Å². The number of nitrogens with zero attached hydrogens (tertiary/aromatic N) is 2. The zero-order valence-corrected chi connectivity index (χ0v) is 19.6. The van der Waals surface area contributed by atoms with E-state index in [1.54, 1.807) is 11.0 Å². The highest BCUT2D eigenvalue weighted by atomic mass is 35.5. The Morgan fingerprint density at radius 3 is 2.55 bits per heavy atom. The van der Waals surface area contributed by atoms with Gasteiger partial charge >= 0.3 is 0 Å². The van der Waals surface area contributed by atoms with E-state index in [9.17, 15) is 9.59 Å². The predicted octanol–water partition coefficient (Wildman–Crippen LogP) is 5.27. The molecular formula is C27H29ClN2O3. The zero-order valence-electron chi connectivity index (χ0n) is 18.9. The topological polar surface area (TPSA) is 49.9 Å². The number of fused-ring (bicyclic) bond motifs is 1. The first-order chi connectivity index (χ1) is 16.0. The molecule has 1 heterocycles. The molecule has 0 atom stereocenters. The van der Waals surface area contributed by atoms with Gasteiger partial charge in [-0.2, -0.15) is 0 Å². The second kappa shape index (κ2) is 10.7. The Bertz CT molecular complexity index is 1120. The molecule has 33 heavy (non-hydrogen) atoms. The van der Waals surface area contributed by atoms with Crippen molar-refractivity contribution in [2.75, 3.05) is 33.3 Å². The molecule has 3 aromatic carbocycles. The maximum Gasteiger partial charge on any atom is 0.254 e. The summed E-state index contributed by atoms with van der Waals surface area (Å²) in [6, 6.07) is 21.1. The van der Waals surface area contributed by atoms with Gasteiger partial charge in [0.1, 0.15) is 5.75 Å². The summed E-state index contributed by atoms with van der Waals surface area (Å²) in [7, 11) is 1.84. The molecule has 1 aliphatic heterocycles. The standard InChI is InChI=1S/C27H29ClN2O3/c1-29(15-6-18-33-23-10-5-9-22(28)19-23)26(31)21-13-16-30(17-14-21)27(32)25-12-4-8-20-7-2-3-11-24(20)25/h2-5,7-12,19,21H,6,13-18H2,1H3. The summed E-state index contributed by atoms with van der Waals surface area (Å²) >= 11 is 5.97. The highest BCUT2D eigenvalue weighted by Gasteiger charge is 2.29. The fraction of sp³-hybridized carbons (Fsp3) is 0.333. The number of rotatable bonds is 7. The first kappa shape index (κ1) is 23.1. The molecule has 172 valence electrons. The van der Waals surface area contributed by atoms with Crippen molar-refractivity contribution in [1.29, 1.82) is 0 Å². The Balaban J connectivity index is 1.25. The van der Waals surface area contributed by atoms with Gasteiger partial charge < -0.3 is 14.5 Å². The molecule has 0 N–H and O–H groups in total. The van der Waals surface area contributed by atoms with Crippen molar-refractivity contribution in [3.63, 3.8) is 0 Å². The van der Waals surface area contributed by atoms with Gasteiger partial charge in [0.25, 0.3) is 5.91 Å². The highest BCUT2D eigenvalue weighted by molar-refractivity contribution is 6.30. The van der Waals surface area contributed by atoms with Crippen LogP contribution in [0.15, 0.2) is 66.7 Å². The number of carbonyl (C=O) groups is 2. The largest absolute Gasteiger partial charge is 0.493 e. The van der Waals surface area contributed by atoms with E-state index in [0.717, 1.165) is 28.5 Å². The smallest absolute Gasteiger partial charge is 0.254 e. The molecule has 1 saturated heterocycles. The van der Waals surface area contributed by atoms with Gasteiger partial charge in [0.2, 0.25) is 5.91 Å². The quantitative estimate of drug-likeness (QED) is 0.447. The molecule has 3 aromatic rings. The Labute approximate surface area is 199 Å². The van der Waals surface area contributed by atoms with Crippen molar-refractivity contribution in [3.8, 4) is 5.75 Å². The van der Waals surface area contributed by atoms with E-state index in [1.807, 2.05) is 72.6 Å². The molecule has 6 heteroatoms. The van der Waals surface area contributed by atoms with Crippen LogP contribution in [0, 0.1) is 5.92 Å². The monoisotopic (exact) mass is 464 g/mol. The summed E-state index contributed by atoms with van der Waals surface area (Å²) < 4.78 is 5.71. The summed E-state index contributed by atoms with van der Waals surface area (Å²) in [5.74, 6) is 0.888. The van der Waals surface area contributed by atoms with E-state index in [0.29, 0.717) is 44.1 Å². The second-order valence-corrected chi connectivity index (χ2v) is 8.95. The van der Waals surface area contributed by atoms with Crippen LogP contribution in [0.2, 0.25) is 5.02 Å². The van der Waals surface area contributed by atoms with Gasteiger partial charge in [-0.3, -0.25) is 9.59 Å². The molecule has 0 radical (unpaired) electrons. The van der Waals surface area contributed by atoms with Crippen LogP contribution in [0.3, 0.4) is 0 Å². The zero-order chi connectivity index (χ0) is 23.2. The van der Waals surface area contributed by atoms with Gasteiger partial charge in [-0.1, -0.05) is 54.1 Å². The predicted molar refractivity (Wildman–Crippen MR) is 132 cm³/mol. The molecule has 0 aromatic heterocycles. The molecule has 2 amide bonds. The molecule has 1 fully saturated rings. The summed E-state index contributed by atoms with van der Waals surface area (Å²) in [6.45, 7) is 2.36. The fourth-order valence-corrected chi connectivity index (χ4v) is 4.56. The van der Waals surface area contributed by atoms with Crippen molar-refractivity contribution in [3.05, 3.63) is 77.3 Å². The van der Waals surface area contributed by atoms with Gasteiger partial charge in [0, 0.05) is 43.2 Å². The van der Waals surface area contributed by atoms with Crippen LogP contribution in [0.1, 0.15) is 29.6 Å². The third-order valence-corrected chi connectivity index (χ3v) is 6.47. The van der Waals surface area contributed by atoms with Gasteiger partial charge in [-0.15, -0.1) is 0 Å². The van der Waals surface area contributed by atoms with Crippen molar-refractivity contribution in [2.24, 2.45) is 5.92 Å². The molecule has 1 aliphatic rings. The number of piperidine rings is 1. The molecule has 0 saturated carbocycles. The Morgan fingerprint density at radius 2 is 1.76 bits per heavy atom. The lowest BCUT2D eigenvalue weighted by Crippen LogP contribution is -2.43. The van der Waals surface area contributed by atoms with Crippen LogP contribution in [-0.2, 0) is 4.79 Å². The Morgan fingerprint density at radius 1 is 1.03 bits per heavy atom. The average molecular weight is 465 g/mol. The number of hydrogen-bond donors (Lipinski definition) is 0. The van der Waals surface area contributed by atoms with E-state index in [-0.39, 0.29) is 17.7 Å². The number of benzene rings is 3. The molecule has 0 bridgehead atoms. The fourth-order valence-electron chi connectivity index (χ4n) is 4.38. The minimum absolute atomic E-state index is 0.0413. The Hall–Kier alpha value is -3.05. The van der Waals surface area contributed by atoms with Crippen LogP contribution in [-0.4, -0.2) is 54.9 Å². The third-order valence-electron chi connectivity index (χ3n) is 6.23. The summed E-state index contributed by atoms with van der Waals surface area (Å²) in [5, 5.41) is 2.68. The highest BCUT2D eigenvalue weighted by Crippen LogP contribution is 2.24. The molecule has 4 rings (SSSR count). The van der Waals surface area contributed by atoms with Crippen LogP contribution < -0.4 is 4.74 Å². The van der Waals surface area contributed by atoms with Crippen molar-refractivity contribution in [2.45, 2.75) is 19.3 Å². The van der Waals surface area contributed by atoms with Gasteiger partial charge in [0.05, 0.1) is 6.61 Å². The number of amides is 2. The molecule has 5 nitrogen and oxygen atoms in total. The molecular weight excluding hydrogens is 436 g/mol. The molecule has 0 unspecified atom stereocenters. The summed E-state index contributed by atoms with van der Waals surface area (Å²) in [4.78, 5) is 29.7. The van der Waals surface area contributed by atoms with E-state index < -0.39 is 0 Å². The first-order valence-electron chi connectivity index (χ1n) is 11.4. The first-order valence-corrected chi connectivity index (χ1v) is 11.8. The maximum absolute atomic E-state index is 13.1. The third kappa shape index (κ3) is 5.66. The number of carbonyl (C=O) groups excluding carboxylic acids is 2. The Kier molecular flexibility index (Phi) is 7.50. The lowest BCUT2D eigenvalue weighted by Gasteiger charge is -2.33. The van der Waals surface area contributed by atoms with Crippen LogP contribution in [0.25, 0.3) is 10.8 Å². The van der Waals surface area contributed by atoms with E-state index in [1.165, 1.54) is 0 Å². The van der Waals surface area contributed by atoms with E-state index >= 15 is 0 Å². The second-order valence-electron chi connectivity index (χ2n) is 8.51. The number of halogens is 1. The normalized spacial score (nSPS) is 14.3. The van der Waals surface area contributed by atoms with E-state index in [4.69, 9.17) is 16.3 Å². The summed E-state index contributed by atoms with van der Waals surface area (Å²) in [6.07, 6.45) is 2.13. The molecule has 0 spiro atoms. The minimum atomic E-state index is -0.0413. The van der Waals surface area contributed by atoms with E-state index in [2.05, 4.69) is 0 Å². The van der Waals surface area contributed by atoms with Crippen molar-refractivity contribution in [1.82, 2.24) is 9.80 Å². The lowest BCUT2D eigenvalue weighted by atomic mass is 9.94. The van der Waals surface area contributed by atoms with Crippen LogP contribution in [0.5, 0.6) is 5.75 Å². The number of likely N-dealkylation sites (tertiary alicyclic amines) is 1. The van der Waals surface area contributed by atoms with Crippen LogP contribution in [0.4, 0.5) is 0 Å². The number of hydrogen-bond acceptors (Lipinski definition) is 3. The lowest BCUT2D eigenvalue weighted by molar-refractivity contribution is -0.135. The maximum atomic E-state index is 13.1. The van der Waals surface area contributed by atoms with Crippen molar-refractivity contribution >= 4 is 34.2 Å². The summed E-state index contributed by atoms with van der Waals surface area (Å²) in [5.41, 5.74) is 0.731. The van der Waals surface area contributed by atoms with Gasteiger partial charge in [-0.25, -0.2) is 0 Å². The minimum Gasteiger partial charge on any atom is -0.493 e. The SMILES string of the molecule is CN(CCCOc1cccc(Cl)c1)C(=O)C1CCN(C(=O)c2cccc3ccccc23)CC1. The van der Waals surface area contributed by atoms with Gasteiger partial charge in [-0.05, 0) is 54.3 Å². The molecule has 0 aliphatic carbocycles. The van der Waals surface area contributed by atoms with Crippen LogP contribution >= 0.6 is 11.6 Å². The average Bonchev–Trinajstić information content (AvgIpc) is 2.85.